The molecule has 1 aromatic rings. The Labute approximate surface area is 120 Å². The number of nitrogens with one attached hydrogen (secondary N) is 1. The Morgan fingerprint density at radius 1 is 1.32 bits per heavy atom. The topological polar surface area (TPSA) is 21.3 Å². The molecule has 0 aromatic heterocycles. The van der Waals surface area contributed by atoms with E-state index in [4.69, 9.17) is 16.3 Å². The van der Waals surface area contributed by atoms with Crippen molar-refractivity contribution in [2.24, 2.45) is 0 Å². The minimum Gasteiger partial charge on any atom is -0.383 e. The number of benzene rings is 1. The van der Waals surface area contributed by atoms with Crippen LogP contribution in [0.25, 0.3) is 0 Å². The zero-order valence-electron chi connectivity index (χ0n) is 11.9. The van der Waals surface area contributed by atoms with Gasteiger partial charge in [-0.25, -0.2) is 4.39 Å². The van der Waals surface area contributed by atoms with Gasteiger partial charge in [-0.15, -0.1) is 0 Å². The molecule has 0 aliphatic heterocycles. The number of ether oxygens (including phenoxy) is 1. The summed E-state index contributed by atoms with van der Waals surface area (Å²) in [5.74, 6) is -0.290. The average Bonchev–Trinajstić information content (AvgIpc) is 2.43. The molecular formula is C15H23ClFNO. The van der Waals surface area contributed by atoms with Crippen LogP contribution in [0.5, 0.6) is 0 Å². The first-order valence-electron chi connectivity index (χ1n) is 6.75. The lowest BCUT2D eigenvalue weighted by atomic mass is 9.75. The van der Waals surface area contributed by atoms with Crippen LogP contribution in [0.2, 0.25) is 5.02 Å². The van der Waals surface area contributed by atoms with Crippen LogP contribution in [-0.4, -0.2) is 26.8 Å². The van der Waals surface area contributed by atoms with E-state index in [2.05, 4.69) is 19.2 Å². The maximum absolute atomic E-state index is 14.3. The Kier molecular flexibility index (Phi) is 6.76. The van der Waals surface area contributed by atoms with Crippen molar-refractivity contribution in [3.8, 4) is 0 Å². The van der Waals surface area contributed by atoms with Crippen molar-refractivity contribution in [1.82, 2.24) is 5.32 Å². The highest BCUT2D eigenvalue weighted by Crippen LogP contribution is 2.35. The normalized spacial score (nSPS) is 11.8. The van der Waals surface area contributed by atoms with Crippen LogP contribution in [0.3, 0.4) is 0 Å². The molecular weight excluding hydrogens is 265 g/mol. The van der Waals surface area contributed by atoms with E-state index < -0.39 is 0 Å². The average molecular weight is 288 g/mol. The highest BCUT2D eigenvalue weighted by molar-refractivity contribution is 6.30. The van der Waals surface area contributed by atoms with Gasteiger partial charge in [0.15, 0.2) is 0 Å². The predicted octanol–water partition coefficient (Wildman–Crippen LogP) is 3.77. The summed E-state index contributed by atoms with van der Waals surface area (Å²) in [5, 5.41) is 3.53. The van der Waals surface area contributed by atoms with Crippen LogP contribution < -0.4 is 5.32 Å². The second-order valence-electron chi connectivity index (χ2n) is 4.76. The van der Waals surface area contributed by atoms with Gasteiger partial charge in [-0.05, 0) is 24.5 Å². The Hall–Kier alpha value is -0.640. The second-order valence-corrected chi connectivity index (χ2v) is 5.17. The van der Waals surface area contributed by atoms with Crippen LogP contribution in [0.4, 0.5) is 4.39 Å². The van der Waals surface area contributed by atoms with E-state index in [9.17, 15) is 4.39 Å². The molecule has 0 atom stereocenters. The van der Waals surface area contributed by atoms with Crippen molar-refractivity contribution in [3.63, 3.8) is 0 Å². The van der Waals surface area contributed by atoms with Gasteiger partial charge >= 0.3 is 0 Å². The Morgan fingerprint density at radius 2 is 2.00 bits per heavy atom. The molecule has 0 amide bonds. The van der Waals surface area contributed by atoms with E-state index in [1.54, 1.807) is 13.2 Å². The van der Waals surface area contributed by atoms with Crippen molar-refractivity contribution < 1.29 is 9.13 Å². The Balaban J connectivity index is 2.94. The fraction of sp³-hybridized carbons (Fsp3) is 0.600. The monoisotopic (exact) mass is 287 g/mol. The van der Waals surface area contributed by atoms with Gasteiger partial charge in [-0.3, -0.25) is 0 Å². The standard InChI is InChI=1S/C15H23ClFNO/c1-4-15(5-2,11-18-9-10-19-3)12-7-6-8-13(16)14(12)17/h6-8,18H,4-5,9-11H2,1-3H3. The number of rotatable bonds is 8. The summed E-state index contributed by atoms with van der Waals surface area (Å²) in [6.45, 7) is 6.31. The summed E-state index contributed by atoms with van der Waals surface area (Å²) in [6, 6.07) is 5.25. The molecule has 0 aliphatic carbocycles. The summed E-state index contributed by atoms with van der Waals surface area (Å²) >= 11 is 5.90. The molecule has 1 aromatic carbocycles. The summed E-state index contributed by atoms with van der Waals surface area (Å²) in [5.41, 5.74) is 0.484. The Morgan fingerprint density at radius 3 is 2.58 bits per heavy atom. The predicted molar refractivity (Wildman–Crippen MR) is 78.4 cm³/mol. The molecule has 0 aliphatic rings. The lowest BCUT2D eigenvalue weighted by Gasteiger charge is -2.33. The molecule has 0 radical (unpaired) electrons. The van der Waals surface area contributed by atoms with E-state index in [0.717, 1.165) is 25.9 Å². The fourth-order valence-electron chi connectivity index (χ4n) is 2.39. The van der Waals surface area contributed by atoms with Crippen molar-refractivity contribution in [1.29, 1.82) is 0 Å². The maximum Gasteiger partial charge on any atom is 0.145 e. The van der Waals surface area contributed by atoms with Crippen molar-refractivity contribution >= 4 is 11.6 Å². The molecule has 0 saturated heterocycles. The van der Waals surface area contributed by atoms with E-state index in [1.807, 2.05) is 12.1 Å². The quantitative estimate of drug-likeness (QED) is 0.735. The van der Waals surface area contributed by atoms with Gasteiger partial charge in [0.1, 0.15) is 5.82 Å². The first-order chi connectivity index (χ1) is 9.11. The number of methoxy groups -OCH3 is 1. The van der Waals surface area contributed by atoms with E-state index in [1.165, 1.54) is 0 Å². The smallest absolute Gasteiger partial charge is 0.145 e. The van der Waals surface area contributed by atoms with Crippen molar-refractivity contribution in [2.75, 3.05) is 26.8 Å². The molecule has 108 valence electrons. The molecule has 0 bridgehead atoms. The first-order valence-corrected chi connectivity index (χ1v) is 7.13. The minimum atomic E-state index is -0.290. The number of halogens is 2. The van der Waals surface area contributed by atoms with Gasteiger partial charge in [0, 0.05) is 25.6 Å². The van der Waals surface area contributed by atoms with Gasteiger partial charge < -0.3 is 10.1 Å². The highest BCUT2D eigenvalue weighted by atomic mass is 35.5. The second kappa shape index (κ2) is 7.83. The largest absolute Gasteiger partial charge is 0.383 e. The van der Waals surface area contributed by atoms with Gasteiger partial charge in [-0.1, -0.05) is 37.6 Å². The Bertz CT molecular complexity index is 394. The molecule has 1 rings (SSSR count). The zero-order valence-corrected chi connectivity index (χ0v) is 12.7. The molecule has 19 heavy (non-hydrogen) atoms. The highest BCUT2D eigenvalue weighted by Gasteiger charge is 2.31. The molecule has 0 spiro atoms. The molecule has 4 heteroatoms. The van der Waals surface area contributed by atoms with Crippen molar-refractivity contribution in [2.45, 2.75) is 32.1 Å². The molecule has 0 unspecified atom stereocenters. The molecule has 0 heterocycles. The third-order valence-corrected chi connectivity index (χ3v) is 4.11. The van der Waals surface area contributed by atoms with Crippen LogP contribution in [0, 0.1) is 5.82 Å². The number of hydrogen-bond donors (Lipinski definition) is 1. The third-order valence-electron chi connectivity index (χ3n) is 3.82. The summed E-state index contributed by atoms with van der Waals surface area (Å²) < 4.78 is 19.3. The van der Waals surface area contributed by atoms with Crippen molar-refractivity contribution in [3.05, 3.63) is 34.6 Å². The van der Waals surface area contributed by atoms with Gasteiger partial charge in [0.25, 0.3) is 0 Å². The van der Waals surface area contributed by atoms with Crippen LogP contribution >= 0.6 is 11.6 Å². The van der Waals surface area contributed by atoms with E-state index in [-0.39, 0.29) is 16.3 Å². The minimum absolute atomic E-state index is 0.195. The van der Waals surface area contributed by atoms with E-state index in [0.29, 0.717) is 12.2 Å². The molecule has 0 saturated carbocycles. The van der Waals surface area contributed by atoms with Gasteiger partial charge in [0.05, 0.1) is 11.6 Å². The lowest BCUT2D eigenvalue weighted by molar-refractivity contribution is 0.195. The fourth-order valence-corrected chi connectivity index (χ4v) is 2.57. The summed E-state index contributed by atoms with van der Waals surface area (Å²) in [4.78, 5) is 0. The van der Waals surface area contributed by atoms with Crippen LogP contribution in [0.15, 0.2) is 18.2 Å². The van der Waals surface area contributed by atoms with Gasteiger partial charge in [-0.2, -0.15) is 0 Å². The summed E-state index contributed by atoms with van der Waals surface area (Å²) in [7, 11) is 1.67. The molecule has 0 fully saturated rings. The number of hydrogen-bond acceptors (Lipinski definition) is 2. The first kappa shape index (κ1) is 16.4. The van der Waals surface area contributed by atoms with Crippen LogP contribution in [0.1, 0.15) is 32.3 Å². The lowest BCUT2D eigenvalue weighted by Crippen LogP contribution is -2.39. The molecule has 1 N–H and O–H groups in total. The SMILES string of the molecule is CCC(CC)(CNCCOC)c1cccc(Cl)c1F. The maximum atomic E-state index is 14.3. The molecule has 2 nitrogen and oxygen atoms in total. The zero-order chi connectivity index (χ0) is 14.3. The summed E-state index contributed by atoms with van der Waals surface area (Å²) in [6.07, 6.45) is 1.72. The van der Waals surface area contributed by atoms with E-state index >= 15 is 0 Å². The third kappa shape index (κ3) is 3.91. The van der Waals surface area contributed by atoms with Crippen LogP contribution in [-0.2, 0) is 10.2 Å². The van der Waals surface area contributed by atoms with Gasteiger partial charge in [0.2, 0.25) is 0 Å².